The van der Waals surface area contributed by atoms with Crippen molar-refractivity contribution in [1.29, 1.82) is 5.26 Å². The van der Waals surface area contributed by atoms with E-state index in [0.29, 0.717) is 5.25 Å². The van der Waals surface area contributed by atoms with Gasteiger partial charge in [0.1, 0.15) is 5.54 Å². The third kappa shape index (κ3) is 3.62. The van der Waals surface area contributed by atoms with E-state index >= 15 is 0 Å². The van der Waals surface area contributed by atoms with Crippen LogP contribution in [0, 0.1) is 11.3 Å². The van der Waals surface area contributed by atoms with Gasteiger partial charge in [0.2, 0.25) is 5.13 Å². The van der Waals surface area contributed by atoms with E-state index in [1.54, 1.807) is 23.1 Å². The molecule has 2 atom stereocenters. The lowest BCUT2D eigenvalue weighted by atomic mass is 10.00. The Morgan fingerprint density at radius 2 is 2.35 bits per heavy atom. The minimum Gasteiger partial charge on any atom is -0.353 e. The molecule has 20 heavy (non-hydrogen) atoms. The fourth-order valence-electron chi connectivity index (χ4n) is 2.34. The minimum atomic E-state index is -0.331. The van der Waals surface area contributed by atoms with E-state index in [1.165, 1.54) is 0 Å². The van der Waals surface area contributed by atoms with E-state index in [2.05, 4.69) is 28.5 Å². The van der Waals surface area contributed by atoms with E-state index in [-0.39, 0.29) is 5.54 Å². The molecule has 1 saturated carbocycles. The van der Waals surface area contributed by atoms with Gasteiger partial charge in [-0.05, 0) is 32.2 Å². The molecule has 0 aromatic carbocycles. The van der Waals surface area contributed by atoms with Crippen molar-refractivity contribution in [2.45, 2.75) is 47.7 Å². The van der Waals surface area contributed by atoms with Crippen LogP contribution in [0.2, 0.25) is 0 Å². The summed E-state index contributed by atoms with van der Waals surface area (Å²) in [7, 11) is 3.94. The molecule has 0 bridgehead atoms. The Labute approximate surface area is 128 Å². The third-order valence-electron chi connectivity index (χ3n) is 3.44. The molecular formula is C13H21N5S2. The fourth-order valence-corrected chi connectivity index (χ4v) is 4.64. The molecular weight excluding hydrogens is 290 g/mol. The fraction of sp³-hybridized carbons (Fsp3) is 0.769. The average Bonchev–Trinajstić information content (AvgIpc) is 3.05. The zero-order valence-corrected chi connectivity index (χ0v) is 13.9. The Bertz CT molecular complexity index is 481. The zero-order valence-electron chi connectivity index (χ0n) is 12.2. The summed E-state index contributed by atoms with van der Waals surface area (Å²) >= 11 is 3.38. The van der Waals surface area contributed by atoms with Crippen LogP contribution in [0.1, 0.15) is 32.6 Å². The molecule has 0 amide bonds. The van der Waals surface area contributed by atoms with Crippen LogP contribution in [0.15, 0.2) is 4.34 Å². The first-order valence-electron chi connectivity index (χ1n) is 6.92. The van der Waals surface area contributed by atoms with Crippen LogP contribution in [-0.2, 0) is 0 Å². The second kappa shape index (κ2) is 6.74. The lowest BCUT2D eigenvalue weighted by Gasteiger charge is -2.22. The van der Waals surface area contributed by atoms with Crippen LogP contribution >= 0.6 is 23.1 Å². The van der Waals surface area contributed by atoms with Crippen LogP contribution in [0.5, 0.6) is 0 Å². The van der Waals surface area contributed by atoms with Crippen molar-refractivity contribution >= 4 is 28.2 Å². The summed E-state index contributed by atoms with van der Waals surface area (Å²) in [5, 5.41) is 22.6. The minimum absolute atomic E-state index is 0.331. The molecule has 7 heteroatoms. The lowest BCUT2D eigenvalue weighted by Crippen LogP contribution is -2.42. The van der Waals surface area contributed by atoms with E-state index in [9.17, 15) is 5.26 Å². The molecule has 1 aromatic heterocycles. The first-order valence-corrected chi connectivity index (χ1v) is 8.62. The monoisotopic (exact) mass is 311 g/mol. The van der Waals surface area contributed by atoms with Gasteiger partial charge in [-0.15, -0.1) is 10.2 Å². The number of hydrogen-bond acceptors (Lipinski definition) is 7. The van der Waals surface area contributed by atoms with E-state index in [4.69, 9.17) is 0 Å². The zero-order chi connectivity index (χ0) is 14.6. The molecule has 0 aliphatic heterocycles. The quantitative estimate of drug-likeness (QED) is 0.871. The van der Waals surface area contributed by atoms with Crippen molar-refractivity contribution < 1.29 is 0 Å². The number of anilines is 1. The van der Waals surface area contributed by atoms with Gasteiger partial charge in [0, 0.05) is 19.3 Å². The normalized spacial score (nSPS) is 25.6. The van der Waals surface area contributed by atoms with E-state index < -0.39 is 0 Å². The van der Waals surface area contributed by atoms with Gasteiger partial charge in [0.25, 0.3) is 0 Å². The first-order chi connectivity index (χ1) is 9.58. The second-order valence-corrected chi connectivity index (χ2v) is 7.85. The number of nitrogens with one attached hydrogen (secondary N) is 1. The van der Waals surface area contributed by atoms with Crippen LogP contribution in [0.3, 0.4) is 0 Å². The number of nitriles is 1. The van der Waals surface area contributed by atoms with Gasteiger partial charge in [0.05, 0.1) is 6.07 Å². The van der Waals surface area contributed by atoms with Crippen LogP contribution in [0.4, 0.5) is 5.13 Å². The summed E-state index contributed by atoms with van der Waals surface area (Å²) in [6.07, 6.45) is 3.95. The highest BCUT2D eigenvalue weighted by molar-refractivity contribution is 8.01. The first kappa shape index (κ1) is 15.5. The molecule has 2 rings (SSSR count). The molecule has 1 heterocycles. The summed E-state index contributed by atoms with van der Waals surface area (Å²) in [6, 6.07) is 2.49. The van der Waals surface area contributed by atoms with Gasteiger partial charge in [-0.2, -0.15) is 5.26 Å². The number of hydrogen-bond donors (Lipinski definition) is 1. The highest BCUT2D eigenvalue weighted by Crippen LogP contribution is 2.41. The van der Waals surface area contributed by atoms with Crippen molar-refractivity contribution in [1.82, 2.24) is 15.5 Å². The Kier molecular flexibility index (Phi) is 5.24. The Morgan fingerprint density at radius 3 is 2.95 bits per heavy atom. The Balaban J connectivity index is 1.93. The van der Waals surface area contributed by atoms with Crippen molar-refractivity contribution in [3.8, 4) is 6.07 Å². The molecule has 0 radical (unpaired) electrons. The summed E-state index contributed by atoms with van der Waals surface area (Å²) in [6.45, 7) is 3.04. The molecule has 1 fully saturated rings. The van der Waals surface area contributed by atoms with Crippen LogP contribution in [-0.4, -0.2) is 41.6 Å². The van der Waals surface area contributed by atoms with Crippen LogP contribution in [0.25, 0.3) is 0 Å². The summed E-state index contributed by atoms with van der Waals surface area (Å²) in [5.74, 6) is 0. The molecule has 1 aromatic rings. The number of rotatable bonds is 6. The molecule has 1 aliphatic rings. The maximum Gasteiger partial charge on any atom is 0.208 e. The van der Waals surface area contributed by atoms with Crippen molar-refractivity contribution in [3.05, 3.63) is 0 Å². The molecule has 1 aliphatic carbocycles. The molecule has 0 saturated heterocycles. The largest absolute Gasteiger partial charge is 0.353 e. The number of aromatic nitrogens is 2. The summed E-state index contributed by atoms with van der Waals surface area (Å²) in [5.41, 5.74) is -0.331. The maximum absolute atomic E-state index is 9.45. The number of thioether (sulfide) groups is 1. The number of nitrogens with zero attached hydrogens (tertiary/aromatic N) is 4. The van der Waals surface area contributed by atoms with Gasteiger partial charge in [-0.25, -0.2) is 0 Å². The van der Waals surface area contributed by atoms with E-state index in [1.807, 2.05) is 19.0 Å². The van der Waals surface area contributed by atoms with E-state index in [0.717, 1.165) is 41.7 Å². The highest BCUT2D eigenvalue weighted by atomic mass is 32.2. The van der Waals surface area contributed by atoms with Gasteiger partial charge < -0.3 is 4.90 Å². The molecule has 110 valence electrons. The summed E-state index contributed by atoms with van der Waals surface area (Å²) < 4.78 is 1.00. The SMILES string of the molecule is CCCNC1(C#N)CCC(Sc2nnc(N(C)C)s2)C1. The van der Waals surface area contributed by atoms with Gasteiger partial charge in [-0.1, -0.05) is 30.0 Å². The second-order valence-electron chi connectivity index (χ2n) is 5.35. The Hall–Kier alpha value is -0.840. The highest BCUT2D eigenvalue weighted by Gasteiger charge is 2.39. The topological polar surface area (TPSA) is 64.8 Å². The molecule has 5 nitrogen and oxygen atoms in total. The molecule has 0 spiro atoms. The Morgan fingerprint density at radius 1 is 1.55 bits per heavy atom. The standard InChI is InChI=1S/C13H21N5S2/c1-4-7-15-13(9-14)6-5-10(8-13)19-12-17-16-11(20-12)18(2)3/h10,15H,4-8H2,1-3H3. The van der Waals surface area contributed by atoms with Crippen LogP contribution < -0.4 is 10.2 Å². The summed E-state index contributed by atoms with van der Waals surface area (Å²) in [4.78, 5) is 1.97. The maximum atomic E-state index is 9.45. The van der Waals surface area contributed by atoms with Gasteiger partial charge in [0.15, 0.2) is 4.34 Å². The average molecular weight is 311 g/mol. The van der Waals surface area contributed by atoms with Gasteiger partial charge in [-0.3, -0.25) is 5.32 Å². The lowest BCUT2D eigenvalue weighted by molar-refractivity contribution is 0.424. The smallest absolute Gasteiger partial charge is 0.208 e. The molecule has 1 N–H and O–H groups in total. The predicted octanol–water partition coefficient (Wildman–Crippen LogP) is 2.51. The van der Waals surface area contributed by atoms with Gasteiger partial charge >= 0.3 is 0 Å². The predicted molar refractivity (Wildman–Crippen MR) is 84.4 cm³/mol. The van der Waals surface area contributed by atoms with Crippen molar-refractivity contribution in [2.75, 3.05) is 25.5 Å². The van der Waals surface area contributed by atoms with Crippen molar-refractivity contribution in [3.63, 3.8) is 0 Å². The third-order valence-corrected chi connectivity index (χ3v) is 5.89. The molecule has 2 unspecified atom stereocenters. The van der Waals surface area contributed by atoms with Crippen molar-refractivity contribution in [2.24, 2.45) is 0 Å².